The zero-order valence-electron chi connectivity index (χ0n) is 3.98. The van der Waals surface area contributed by atoms with E-state index < -0.39 is 0 Å². The first-order valence-electron chi connectivity index (χ1n) is 2.02. The van der Waals surface area contributed by atoms with E-state index in [9.17, 15) is 0 Å². The summed E-state index contributed by atoms with van der Waals surface area (Å²) in [7, 11) is 0. The number of hydrogen-bond donors (Lipinski definition) is 1. The number of aliphatic hydroxyl groups is 1. The van der Waals surface area contributed by atoms with Crippen molar-refractivity contribution < 1.29 is 5.11 Å². The van der Waals surface area contributed by atoms with E-state index in [4.69, 9.17) is 5.11 Å². The van der Waals surface area contributed by atoms with Gasteiger partial charge in [0.25, 0.3) is 0 Å². The van der Waals surface area contributed by atoms with Crippen LogP contribution in [0.25, 0.3) is 0 Å². The van der Waals surface area contributed by atoms with Gasteiger partial charge in [0.05, 0.1) is 0 Å². The molecule has 1 N–H and O–H groups in total. The van der Waals surface area contributed by atoms with Crippen LogP contribution >= 0.6 is 12.4 Å². The van der Waals surface area contributed by atoms with E-state index in [0.717, 1.165) is 6.42 Å². The Hall–Kier alpha value is 1.25. The first-order chi connectivity index (χ1) is 2.41. The second-order valence-electron chi connectivity index (χ2n) is 1.08. The fourth-order valence-electron chi connectivity index (χ4n) is 0.158. The summed E-state index contributed by atoms with van der Waals surface area (Å²) >= 11 is 1.24. The van der Waals surface area contributed by atoms with Crippen LogP contribution < -0.4 is 0 Å². The van der Waals surface area contributed by atoms with Crippen LogP contribution in [0.3, 0.4) is 0 Å². The molecule has 6 heavy (non-hydrogen) atoms. The van der Waals surface area contributed by atoms with Gasteiger partial charge in [0.15, 0.2) is 0 Å². The van der Waals surface area contributed by atoms with Crippen LogP contribution in [0.15, 0.2) is 0 Å². The summed E-state index contributed by atoms with van der Waals surface area (Å²) in [6.07, 6.45) is 1.01. The molecule has 0 saturated heterocycles. The van der Waals surface area contributed by atoms with E-state index in [-0.39, 0.29) is 12.4 Å². The summed E-state index contributed by atoms with van der Waals surface area (Å²) in [6, 6.07) is 0. The van der Waals surface area contributed by atoms with Gasteiger partial charge in [-0.2, -0.15) is 0 Å². The first-order valence-corrected chi connectivity index (χ1v) is 3.44. The van der Waals surface area contributed by atoms with Crippen LogP contribution in [0.5, 0.6) is 0 Å². The first kappa shape index (κ1) is 10.3. The van der Waals surface area contributed by atoms with Crippen molar-refractivity contribution in [1.82, 2.24) is 0 Å². The molecule has 3 heteroatoms. The molecule has 1 nitrogen and oxygen atoms in total. The summed E-state index contributed by atoms with van der Waals surface area (Å²) in [5.74, 6) is 0. The number of aliphatic hydroxyl groups excluding tert-OH is 1. The molecule has 0 amide bonds. The van der Waals surface area contributed by atoms with Crippen LogP contribution in [0.1, 0.15) is 6.42 Å². The van der Waals surface area contributed by atoms with Crippen molar-refractivity contribution in [2.75, 3.05) is 6.61 Å². The molecule has 0 heterocycles. The number of halogens is 1. The molecule has 0 aromatic rings. The molecule has 0 unspecified atom stereocenters. The molecule has 0 spiro atoms. The molecular weight excluding hydrogens is 110 g/mol. The maximum atomic E-state index is 8.09. The Morgan fingerprint density at radius 3 is 2.00 bits per heavy atom. The maximum absolute atomic E-state index is 8.09. The molecule has 0 atom stereocenters. The molecule has 0 fully saturated rings. The van der Waals surface area contributed by atoms with Gasteiger partial charge in [-0.15, -0.1) is 12.4 Å². The third kappa shape index (κ3) is 8.98. The average Bonchev–Trinajstić information content (AvgIpc) is 1.41. The Balaban J connectivity index is 0. The normalized spacial score (nSPS) is 7.17. The van der Waals surface area contributed by atoms with Gasteiger partial charge in [-0.1, -0.05) is 0 Å². The third-order valence-electron chi connectivity index (χ3n) is 0.512. The van der Waals surface area contributed by atoms with Gasteiger partial charge < -0.3 is 0 Å². The van der Waals surface area contributed by atoms with E-state index in [0.29, 0.717) is 6.61 Å². The van der Waals surface area contributed by atoms with Crippen LogP contribution in [-0.2, 0) is 0 Å². The summed E-state index contributed by atoms with van der Waals surface area (Å²) < 4.78 is 1.23. The molecular formula is C3H8ClNaO. The van der Waals surface area contributed by atoms with Gasteiger partial charge in [-0.05, 0) is 0 Å². The van der Waals surface area contributed by atoms with Gasteiger partial charge >= 0.3 is 49.7 Å². The third-order valence-corrected chi connectivity index (χ3v) is 1.22. The Labute approximate surface area is 61.9 Å². The average molecular weight is 119 g/mol. The molecule has 0 rings (SSSR count). The van der Waals surface area contributed by atoms with E-state index in [2.05, 4.69) is 0 Å². The standard InChI is InChI=1S/C3H7O.ClH.Na/c1-2-3-4;;/h4H,1-3H2;1H;. The van der Waals surface area contributed by atoms with Gasteiger partial charge in [0.2, 0.25) is 0 Å². The molecule has 0 aliphatic heterocycles. The fourth-order valence-corrected chi connectivity index (χ4v) is 0.474. The molecule has 34 valence electrons. The zero-order chi connectivity index (χ0) is 4.12. The Bertz CT molecular complexity index is 18.3. The van der Waals surface area contributed by atoms with Crippen LogP contribution in [-0.4, -0.2) is 39.6 Å². The molecule has 0 aromatic carbocycles. The van der Waals surface area contributed by atoms with Crippen molar-refractivity contribution in [3.05, 3.63) is 0 Å². The predicted octanol–water partition coefficient (Wildman–Crippen LogP) is 0.377. The summed E-state index contributed by atoms with van der Waals surface area (Å²) in [6.45, 7) is 0.378. The Kier molecular flexibility index (Phi) is 16.3. The van der Waals surface area contributed by atoms with E-state index >= 15 is 0 Å². The van der Waals surface area contributed by atoms with E-state index in [1.54, 1.807) is 0 Å². The molecule has 0 saturated carbocycles. The van der Waals surface area contributed by atoms with Gasteiger partial charge in [0, 0.05) is 0 Å². The minimum absolute atomic E-state index is 0. The number of hydrogen-bond acceptors (Lipinski definition) is 1. The summed E-state index contributed by atoms with van der Waals surface area (Å²) in [4.78, 5) is 0. The van der Waals surface area contributed by atoms with Gasteiger partial charge in [-0.3, -0.25) is 0 Å². The van der Waals surface area contributed by atoms with Crippen molar-refractivity contribution in [2.24, 2.45) is 0 Å². The van der Waals surface area contributed by atoms with E-state index in [1.165, 1.54) is 31.6 Å². The van der Waals surface area contributed by atoms with Crippen molar-refractivity contribution in [2.45, 2.75) is 10.1 Å². The molecule has 0 aliphatic carbocycles. The van der Waals surface area contributed by atoms with E-state index in [1.807, 2.05) is 0 Å². The zero-order valence-corrected chi connectivity index (χ0v) is 6.79. The second kappa shape index (κ2) is 9.54. The Morgan fingerprint density at radius 2 is 2.00 bits per heavy atom. The molecule has 0 aromatic heterocycles. The quantitative estimate of drug-likeness (QED) is 0.520. The minimum atomic E-state index is 0. The molecule has 0 aliphatic rings. The van der Waals surface area contributed by atoms with Crippen LogP contribution in [0.4, 0.5) is 0 Å². The summed E-state index contributed by atoms with van der Waals surface area (Å²) in [5.41, 5.74) is 0. The monoisotopic (exact) mass is 118 g/mol. The topological polar surface area (TPSA) is 20.2 Å². The van der Waals surface area contributed by atoms with Crippen molar-refractivity contribution in [3.63, 3.8) is 0 Å². The van der Waals surface area contributed by atoms with Crippen molar-refractivity contribution in [1.29, 1.82) is 0 Å². The van der Waals surface area contributed by atoms with Crippen molar-refractivity contribution in [3.8, 4) is 0 Å². The predicted molar refractivity (Wildman–Crippen MR) is 29.5 cm³/mol. The fraction of sp³-hybridized carbons (Fsp3) is 1.00. The summed E-state index contributed by atoms with van der Waals surface area (Å²) in [5, 5.41) is 8.09. The molecule has 0 radical (unpaired) electrons. The molecule has 0 bridgehead atoms. The Morgan fingerprint density at radius 1 is 1.50 bits per heavy atom. The van der Waals surface area contributed by atoms with Gasteiger partial charge in [0.1, 0.15) is 0 Å². The SMILES string of the molecule is Cl.OCC[CH2][Na]. The second-order valence-corrected chi connectivity index (χ2v) is 2.08. The van der Waals surface area contributed by atoms with Crippen LogP contribution in [0.2, 0.25) is 3.67 Å². The van der Waals surface area contributed by atoms with Crippen LogP contribution in [0, 0.1) is 0 Å². The van der Waals surface area contributed by atoms with Crippen molar-refractivity contribution >= 4 is 40.3 Å². The number of rotatable bonds is 2. The van der Waals surface area contributed by atoms with Gasteiger partial charge in [-0.25, -0.2) is 0 Å².